The molecule has 1 saturated heterocycles. The first-order valence-electron chi connectivity index (χ1n) is 11.6. The molecule has 0 atom stereocenters. The van der Waals surface area contributed by atoms with Crippen molar-refractivity contribution in [3.05, 3.63) is 88.3 Å². The van der Waals surface area contributed by atoms with E-state index in [9.17, 15) is 14.0 Å². The Balaban J connectivity index is 1.69. The van der Waals surface area contributed by atoms with Gasteiger partial charge in [-0.15, -0.1) is 0 Å². The van der Waals surface area contributed by atoms with E-state index in [2.05, 4.69) is 0 Å². The van der Waals surface area contributed by atoms with Crippen molar-refractivity contribution in [1.29, 1.82) is 0 Å². The summed E-state index contributed by atoms with van der Waals surface area (Å²) in [7, 11) is 4.22. The molecule has 0 bridgehead atoms. The smallest absolute Gasteiger partial charge is 0.325 e. The Morgan fingerprint density at radius 1 is 1.05 bits per heavy atom. The van der Waals surface area contributed by atoms with E-state index in [-0.39, 0.29) is 40.5 Å². The van der Waals surface area contributed by atoms with Crippen molar-refractivity contribution in [3.8, 4) is 17.2 Å². The van der Waals surface area contributed by atoms with E-state index in [0.29, 0.717) is 22.6 Å². The van der Waals surface area contributed by atoms with Gasteiger partial charge in [0.05, 0.1) is 32.0 Å². The molecule has 0 unspecified atom stereocenters. The van der Waals surface area contributed by atoms with Gasteiger partial charge in [0, 0.05) is 5.56 Å². The van der Waals surface area contributed by atoms with E-state index in [1.54, 1.807) is 54.6 Å². The molecule has 3 aromatic carbocycles. The fourth-order valence-electron chi connectivity index (χ4n) is 3.87. The molecule has 0 N–H and O–H groups in total. The number of ether oxygens (including phenoxy) is 4. The molecule has 1 aliphatic rings. The quantitative estimate of drug-likeness (QED) is 0.197. The molecule has 0 spiro atoms. The van der Waals surface area contributed by atoms with Crippen molar-refractivity contribution < 1.29 is 32.9 Å². The maximum Gasteiger partial charge on any atom is 0.325 e. The van der Waals surface area contributed by atoms with Gasteiger partial charge in [-0.05, 0) is 66.3 Å². The number of hydrogen-bond acceptors (Lipinski definition) is 7. The molecule has 3 aromatic rings. The lowest BCUT2D eigenvalue weighted by atomic mass is 10.1. The normalized spacial score (nSPS) is 14.1. The molecule has 8 nitrogen and oxygen atoms in total. The number of benzene rings is 3. The molecule has 39 heavy (non-hydrogen) atoms. The van der Waals surface area contributed by atoms with E-state index in [4.69, 9.17) is 42.8 Å². The van der Waals surface area contributed by atoms with E-state index in [1.807, 2.05) is 0 Å². The van der Waals surface area contributed by atoms with Crippen molar-refractivity contribution >= 4 is 52.6 Å². The molecule has 0 radical (unpaired) electrons. The van der Waals surface area contributed by atoms with Gasteiger partial charge < -0.3 is 23.8 Å². The highest BCUT2D eigenvalue weighted by atomic mass is 35.5. The van der Waals surface area contributed by atoms with E-state index >= 15 is 0 Å². The van der Waals surface area contributed by atoms with Crippen LogP contribution < -0.4 is 19.1 Å². The average Bonchev–Trinajstić information content (AvgIpc) is 3.16. The fourth-order valence-corrected chi connectivity index (χ4v) is 4.50. The van der Waals surface area contributed by atoms with E-state index < -0.39 is 17.7 Å². The lowest BCUT2D eigenvalue weighted by Gasteiger charge is -2.19. The lowest BCUT2D eigenvalue weighted by Crippen LogP contribution is -2.35. The number of halogens is 2. The number of carbonyl (C=O) groups is 2. The number of anilines is 1. The van der Waals surface area contributed by atoms with Crippen molar-refractivity contribution in [2.24, 2.45) is 0 Å². The molecule has 1 amide bonds. The Bertz CT molecular complexity index is 1450. The topological polar surface area (TPSA) is 77.5 Å². The SMILES string of the molecule is COC(=O)CN1C(=S)N(c2ccc(OC)cc2)C(=O)/C1=C/c1cc(Cl)c(OCc2ccccc2F)c(OC)c1. The van der Waals surface area contributed by atoms with Crippen LogP contribution in [0.25, 0.3) is 6.08 Å². The summed E-state index contributed by atoms with van der Waals surface area (Å²) in [6, 6.07) is 16.2. The molecule has 202 valence electrons. The number of nitrogens with zero attached hydrogens (tertiary/aromatic N) is 2. The molecule has 0 saturated carbocycles. The molecule has 0 aromatic heterocycles. The van der Waals surface area contributed by atoms with Gasteiger partial charge in [-0.1, -0.05) is 29.8 Å². The number of rotatable bonds is 9. The van der Waals surface area contributed by atoms with Crippen LogP contribution in [0.5, 0.6) is 17.2 Å². The highest BCUT2D eigenvalue weighted by molar-refractivity contribution is 7.80. The van der Waals surface area contributed by atoms with Gasteiger partial charge in [-0.25, -0.2) is 4.39 Å². The molecule has 11 heteroatoms. The summed E-state index contributed by atoms with van der Waals surface area (Å²) >= 11 is 12.1. The van der Waals surface area contributed by atoms with Gasteiger partial charge in [0.15, 0.2) is 16.6 Å². The summed E-state index contributed by atoms with van der Waals surface area (Å²) in [5.74, 6) is -0.354. The van der Waals surface area contributed by atoms with Crippen LogP contribution in [0.1, 0.15) is 11.1 Å². The molecule has 1 heterocycles. The first kappa shape index (κ1) is 27.9. The van der Waals surface area contributed by atoms with Crippen LogP contribution in [0.15, 0.2) is 66.4 Å². The average molecular weight is 571 g/mol. The molecule has 4 rings (SSSR count). The summed E-state index contributed by atoms with van der Waals surface area (Å²) in [4.78, 5) is 28.4. The summed E-state index contributed by atoms with van der Waals surface area (Å²) in [5, 5.41) is 0.279. The van der Waals surface area contributed by atoms with Crippen LogP contribution in [0.4, 0.5) is 10.1 Å². The third kappa shape index (κ3) is 5.97. The standard InChI is InChI=1S/C28H24ClFN2O6S/c1-35-20-10-8-19(9-11-20)32-27(34)23(31(28(32)39)15-25(33)37-3)13-17-12-21(29)26(24(14-17)36-2)38-16-18-6-4-5-7-22(18)30/h4-14H,15-16H2,1-3H3/b23-13-. The molecular weight excluding hydrogens is 547 g/mol. The van der Waals surface area contributed by atoms with Gasteiger partial charge in [-0.2, -0.15) is 0 Å². The van der Waals surface area contributed by atoms with Gasteiger partial charge in [0.25, 0.3) is 5.91 Å². The molecular formula is C28H24ClFN2O6S. The first-order chi connectivity index (χ1) is 18.8. The molecule has 1 fully saturated rings. The Labute approximate surface area is 235 Å². The molecule has 1 aliphatic heterocycles. The predicted molar refractivity (Wildman–Crippen MR) is 149 cm³/mol. The minimum Gasteiger partial charge on any atom is -0.497 e. The number of hydrogen-bond donors (Lipinski definition) is 0. The predicted octanol–water partition coefficient (Wildman–Crippen LogP) is 5.22. The lowest BCUT2D eigenvalue weighted by molar-refractivity contribution is -0.140. The Kier molecular flexibility index (Phi) is 8.68. The zero-order valence-corrected chi connectivity index (χ0v) is 22.8. The van der Waals surface area contributed by atoms with Crippen LogP contribution in [0.2, 0.25) is 5.02 Å². The van der Waals surface area contributed by atoms with Gasteiger partial charge in [0.1, 0.15) is 30.4 Å². The number of amides is 1. The number of carbonyl (C=O) groups excluding carboxylic acids is 2. The van der Waals surface area contributed by atoms with Crippen LogP contribution in [0.3, 0.4) is 0 Å². The Morgan fingerprint density at radius 2 is 1.77 bits per heavy atom. The van der Waals surface area contributed by atoms with E-state index in [0.717, 1.165) is 0 Å². The van der Waals surface area contributed by atoms with Crippen LogP contribution in [0, 0.1) is 5.82 Å². The molecule has 0 aliphatic carbocycles. The zero-order chi connectivity index (χ0) is 28.1. The second kappa shape index (κ2) is 12.1. The van der Waals surface area contributed by atoms with Crippen LogP contribution >= 0.6 is 23.8 Å². The minimum absolute atomic E-state index is 0.0698. The van der Waals surface area contributed by atoms with E-state index in [1.165, 1.54) is 43.3 Å². The van der Waals surface area contributed by atoms with Gasteiger partial charge in [0.2, 0.25) is 0 Å². The number of thiocarbonyl (C=S) groups is 1. The summed E-state index contributed by atoms with van der Waals surface area (Å²) in [6.07, 6.45) is 1.54. The largest absolute Gasteiger partial charge is 0.497 e. The maximum absolute atomic E-state index is 14.0. The highest BCUT2D eigenvalue weighted by Gasteiger charge is 2.40. The Morgan fingerprint density at radius 3 is 2.41 bits per heavy atom. The second-order valence-corrected chi connectivity index (χ2v) is 9.00. The number of methoxy groups -OCH3 is 3. The van der Waals surface area contributed by atoms with Crippen molar-refractivity contribution in [3.63, 3.8) is 0 Å². The van der Waals surface area contributed by atoms with Gasteiger partial charge in [-0.3, -0.25) is 14.5 Å². The summed E-state index contributed by atoms with van der Waals surface area (Å²) in [5.41, 5.74) is 1.45. The van der Waals surface area contributed by atoms with Crippen molar-refractivity contribution in [1.82, 2.24) is 4.90 Å². The van der Waals surface area contributed by atoms with Crippen molar-refractivity contribution in [2.75, 3.05) is 32.8 Å². The first-order valence-corrected chi connectivity index (χ1v) is 12.4. The van der Waals surface area contributed by atoms with Crippen molar-refractivity contribution in [2.45, 2.75) is 6.61 Å². The summed E-state index contributed by atoms with van der Waals surface area (Å²) < 4.78 is 35.3. The second-order valence-electron chi connectivity index (χ2n) is 8.23. The maximum atomic E-state index is 14.0. The number of esters is 1. The third-order valence-corrected chi connectivity index (χ3v) is 6.55. The Hall–Kier alpha value is -4.15. The highest BCUT2D eigenvalue weighted by Crippen LogP contribution is 2.38. The zero-order valence-electron chi connectivity index (χ0n) is 21.3. The van der Waals surface area contributed by atoms with Crippen LogP contribution in [-0.4, -0.2) is 49.8 Å². The van der Waals surface area contributed by atoms with Crippen LogP contribution in [-0.2, 0) is 20.9 Å². The minimum atomic E-state index is -0.583. The van der Waals surface area contributed by atoms with Gasteiger partial charge >= 0.3 is 5.97 Å². The fraction of sp³-hybridized carbons (Fsp3) is 0.179. The third-order valence-electron chi connectivity index (χ3n) is 5.87. The summed E-state index contributed by atoms with van der Waals surface area (Å²) in [6.45, 7) is -0.353. The monoisotopic (exact) mass is 570 g/mol.